The maximum Gasteiger partial charge on any atom is 0.343 e. The van der Waals surface area contributed by atoms with Crippen LogP contribution in [0.25, 0.3) is 6.08 Å². The summed E-state index contributed by atoms with van der Waals surface area (Å²) in [6.45, 7) is 3.36. The maximum atomic E-state index is 12.3. The van der Waals surface area contributed by atoms with Gasteiger partial charge in [-0.05, 0) is 61.9 Å². The molecule has 2 aromatic carbocycles. The van der Waals surface area contributed by atoms with Crippen LogP contribution in [0.15, 0.2) is 54.1 Å². The molecule has 4 N–H and O–H groups in total. The van der Waals surface area contributed by atoms with Gasteiger partial charge in [-0.15, -0.1) is 0 Å². The molecule has 2 aromatic rings. The number of esters is 2. The lowest BCUT2D eigenvalue weighted by Crippen LogP contribution is -2.31. The van der Waals surface area contributed by atoms with Crippen LogP contribution in [0.2, 0.25) is 0 Å². The lowest BCUT2D eigenvalue weighted by atomic mass is 10.1. The largest absolute Gasteiger partial charge is 0.465 e. The molecule has 8 heteroatoms. The average Bonchev–Trinajstić information content (AvgIpc) is 2.73. The molecule has 30 heavy (non-hydrogen) atoms. The van der Waals surface area contributed by atoms with Crippen molar-refractivity contribution in [3.05, 3.63) is 70.8 Å². The number of benzene rings is 2. The van der Waals surface area contributed by atoms with Gasteiger partial charge in [0.1, 0.15) is 18.1 Å². The van der Waals surface area contributed by atoms with Gasteiger partial charge in [-0.25, -0.2) is 4.79 Å². The second kappa shape index (κ2) is 10.6. The smallest absolute Gasteiger partial charge is 0.343 e. The number of hydrogen-bond acceptors (Lipinski definition) is 6. The minimum Gasteiger partial charge on any atom is -0.465 e. The number of nitrogens with two attached hydrogens (primary N) is 1. The fourth-order valence-electron chi connectivity index (χ4n) is 2.40. The molecule has 0 aliphatic rings. The van der Waals surface area contributed by atoms with Crippen LogP contribution < -0.4 is 15.8 Å². The summed E-state index contributed by atoms with van der Waals surface area (Å²) in [7, 11) is 0. The summed E-state index contributed by atoms with van der Waals surface area (Å²) in [4.78, 5) is 35.6. The van der Waals surface area contributed by atoms with Crippen molar-refractivity contribution in [3.8, 4) is 5.75 Å². The third-order valence-electron chi connectivity index (χ3n) is 3.96. The molecular formula is C22H23N3O5. The van der Waals surface area contributed by atoms with E-state index in [1.165, 1.54) is 0 Å². The molecule has 0 saturated heterocycles. The van der Waals surface area contributed by atoms with E-state index in [0.29, 0.717) is 28.0 Å². The van der Waals surface area contributed by atoms with Gasteiger partial charge < -0.3 is 20.5 Å². The highest BCUT2D eigenvalue weighted by molar-refractivity contribution is 5.99. The molecule has 0 fully saturated rings. The van der Waals surface area contributed by atoms with E-state index in [1.54, 1.807) is 68.5 Å². The van der Waals surface area contributed by atoms with Crippen LogP contribution in [0.1, 0.15) is 35.3 Å². The summed E-state index contributed by atoms with van der Waals surface area (Å²) in [5, 5.41) is 9.83. The molecule has 8 nitrogen and oxygen atoms in total. The summed E-state index contributed by atoms with van der Waals surface area (Å²) < 4.78 is 10.0. The Bertz CT molecular complexity index is 963. The minimum absolute atomic E-state index is 0.0682. The molecule has 156 valence electrons. The van der Waals surface area contributed by atoms with E-state index >= 15 is 0 Å². The maximum absolute atomic E-state index is 12.3. The number of amidine groups is 1. The van der Waals surface area contributed by atoms with E-state index in [-0.39, 0.29) is 24.9 Å². The zero-order chi connectivity index (χ0) is 22.1. The van der Waals surface area contributed by atoms with E-state index in [9.17, 15) is 14.4 Å². The first-order chi connectivity index (χ1) is 14.3. The number of carbonyl (C=O) groups excluding carboxylic acids is 3. The number of nitrogen functional groups attached to an aromatic ring is 1. The van der Waals surface area contributed by atoms with Gasteiger partial charge in [0.15, 0.2) is 0 Å². The molecule has 0 radical (unpaired) electrons. The second-order valence-electron chi connectivity index (χ2n) is 6.26. The molecule has 0 aliphatic carbocycles. The molecule has 2 rings (SSSR count). The van der Waals surface area contributed by atoms with Gasteiger partial charge in [-0.2, -0.15) is 0 Å². The number of rotatable bonds is 8. The second-order valence-corrected chi connectivity index (χ2v) is 6.26. The fraction of sp³-hybridized carbons (Fsp3) is 0.182. The number of amides is 1. The van der Waals surface area contributed by atoms with Crippen molar-refractivity contribution < 1.29 is 23.9 Å². The quantitative estimate of drug-likeness (QED) is 0.201. The van der Waals surface area contributed by atoms with Gasteiger partial charge >= 0.3 is 11.9 Å². The number of carbonyl (C=O) groups is 3. The van der Waals surface area contributed by atoms with Crippen molar-refractivity contribution in [2.75, 3.05) is 13.2 Å². The molecule has 1 amide bonds. The molecule has 0 aromatic heterocycles. The van der Waals surface area contributed by atoms with Crippen molar-refractivity contribution in [3.63, 3.8) is 0 Å². The summed E-state index contributed by atoms with van der Waals surface area (Å²) in [6, 6.07) is 12.8. The molecule has 0 heterocycles. The predicted molar refractivity (Wildman–Crippen MR) is 112 cm³/mol. The Morgan fingerprint density at radius 3 is 2.20 bits per heavy atom. The van der Waals surface area contributed by atoms with Crippen LogP contribution in [0.3, 0.4) is 0 Å². The summed E-state index contributed by atoms with van der Waals surface area (Å²) >= 11 is 0. The van der Waals surface area contributed by atoms with E-state index in [4.69, 9.17) is 20.6 Å². The normalized spacial score (nSPS) is 10.8. The Kier molecular flexibility index (Phi) is 7.87. The van der Waals surface area contributed by atoms with Crippen molar-refractivity contribution in [1.29, 1.82) is 5.41 Å². The van der Waals surface area contributed by atoms with E-state index in [1.807, 2.05) is 0 Å². The lowest BCUT2D eigenvalue weighted by molar-refractivity contribution is -0.143. The lowest BCUT2D eigenvalue weighted by Gasteiger charge is -2.07. The Balaban J connectivity index is 1.97. The monoisotopic (exact) mass is 409 g/mol. The SMILES string of the molecule is CCOC(=O)CNC(=O)C(C)=Cc1ccc(C(=O)Oc2ccc(C(=N)N)cc2)cc1. The number of nitrogens with one attached hydrogen (secondary N) is 2. The standard InChI is InChI=1S/C22H23N3O5/c1-3-29-19(26)13-25-21(27)14(2)12-15-4-6-17(7-5-15)22(28)30-18-10-8-16(9-11-18)20(23)24/h4-12H,3,13H2,1-2H3,(H3,23,24)(H,25,27). The van der Waals surface area contributed by atoms with Gasteiger partial charge in [-0.1, -0.05) is 12.1 Å². The van der Waals surface area contributed by atoms with Crippen LogP contribution >= 0.6 is 0 Å². The summed E-state index contributed by atoms with van der Waals surface area (Å²) in [5.41, 5.74) is 7.38. The Morgan fingerprint density at radius 1 is 1.03 bits per heavy atom. The van der Waals surface area contributed by atoms with Crippen LogP contribution in [0.4, 0.5) is 0 Å². The van der Waals surface area contributed by atoms with Crippen LogP contribution in [-0.2, 0) is 14.3 Å². The summed E-state index contributed by atoms with van der Waals surface area (Å²) in [5.74, 6) is -1.16. The first-order valence-electron chi connectivity index (χ1n) is 9.19. The Morgan fingerprint density at radius 2 is 1.63 bits per heavy atom. The highest BCUT2D eigenvalue weighted by Crippen LogP contribution is 2.15. The van der Waals surface area contributed by atoms with Gasteiger partial charge in [0.05, 0.1) is 12.2 Å². The van der Waals surface area contributed by atoms with Crippen LogP contribution in [0, 0.1) is 5.41 Å². The third kappa shape index (κ3) is 6.59. The van der Waals surface area contributed by atoms with Crippen molar-refractivity contribution in [2.45, 2.75) is 13.8 Å². The molecule has 0 aliphatic heterocycles. The van der Waals surface area contributed by atoms with Crippen molar-refractivity contribution >= 4 is 29.8 Å². The molecule has 0 saturated carbocycles. The van der Waals surface area contributed by atoms with Gasteiger partial charge in [0.2, 0.25) is 5.91 Å². The molecule has 0 unspecified atom stereocenters. The topological polar surface area (TPSA) is 132 Å². The average molecular weight is 409 g/mol. The van der Waals surface area contributed by atoms with Crippen molar-refractivity contribution in [1.82, 2.24) is 5.32 Å². The Labute approximate surface area is 174 Å². The molecular weight excluding hydrogens is 386 g/mol. The van der Waals surface area contributed by atoms with E-state index < -0.39 is 11.9 Å². The number of hydrogen-bond donors (Lipinski definition) is 3. The Hall–Kier alpha value is -3.94. The van der Waals surface area contributed by atoms with Gasteiger partial charge in [-0.3, -0.25) is 15.0 Å². The third-order valence-corrected chi connectivity index (χ3v) is 3.96. The van der Waals surface area contributed by atoms with Crippen LogP contribution in [-0.4, -0.2) is 36.8 Å². The zero-order valence-electron chi connectivity index (χ0n) is 16.7. The first kappa shape index (κ1) is 22.4. The first-order valence-corrected chi connectivity index (χ1v) is 9.19. The summed E-state index contributed by atoms with van der Waals surface area (Å²) in [6.07, 6.45) is 1.64. The minimum atomic E-state index is -0.537. The fourth-order valence-corrected chi connectivity index (χ4v) is 2.40. The highest BCUT2D eigenvalue weighted by atomic mass is 16.5. The molecule has 0 bridgehead atoms. The molecule has 0 spiro atoms. The van der Waals surface area contributed by atoms with Gasteiger partial charge in [0.25, 0.3) is 0 Å². The predicted octanol–water partition coefficient (Wildman–Crippen LogP) is 2.27. The van der Waals surface area contributed by atoms with E-state index in [2.05, 4.69) is 5.32 Å². The van der Waals surface area contributed by atoms with Crippen LogP contribution in [0.5, 0.6) is 5.75 Å². The number of ether oxygens (including phenoxy) is 2. The zero-order valence-corrected chi connectivity index (χ0v) is 16.7. The van der Waals surface area contributed by atoms with Crippen molar-refractivity contribution in [2.24, 2.45) is 5.73 Å². The highest BCUT2D eigenvalue weighted by Gasteiger charge is 2.10. The van der Waals surface area contributed by atoms with Gasteiger partial charge in [0, 0.05) is 11.1 Å². The molecule has 0 atom stereocenters. The van der Waals surface area contributed by atoms with E-state index in [0.717, 1.165) is 0 Å².